The first-order chi connectivity index (χ1) is 7.43. The molecule has 1 amide bonds. The van der Waals surface area contributed by atoms with Gasteiger partial charge in [0.25, 0.3) is 5.69 Å². The summed E-state index contributed by atoms with van der Waals surface area (Å²) in [5, 5.41) is 21.4. The Hall–Kier alpha value is -1.82. The Labute approximate surface area is 96.0 Å². The Morgan fingerprint density at radius 3 is 2.75 bits per heavy atom. The predicted octanol–water partition coefficient (Wildman–Crippen LogP) is 1.87. The second kappa shape index (κ2) is 4.80. The van der Waals surface area contributed by atoms with Crippen molar-refractivity contribution >= 4 is 28.9 Å². The van der Waals surface area contributed by atoms with Crippen molar-refractivity contribution in [3.05, 3.63) is 28.3 Å². The number of rotatable bonds is 3. The fraction of sp³-hybridized carbons (Fsp3) is 0.222. The number of para-hydroxylation sites is 1. The molecule has 0 aliphatic heterocycles. The van der Waals surface area contributed by atoms with Gasteiger partial charge < -0.3 is 10.4 Å². The van der Waals surface area contributed by atoms with Crippen molar-refractivity contribution in [2.45, 2.75) is 12.3 Å². The summed E-state index contributed by atoms with van der Waals surface area (Å²) in [6, 6.07) is 3.73. The molecule has 0 spiro atoms. The van der Waals surface area contributed by atoms with E-state index in [-0.39, 0.29) is 17.1 Å². The average Bonchev–Trinajstić information content (AvgIpc) is 2.20. The highest BCUT2D eigenvalue weighted by Crippen LogP contribution is 2.33. The number of benzene rings is 1. The number of hydrogen-bond acceptors (Lipinski definition) is 4. The zero-order valence-electron chi connectivity index (χ0n) is 8.31. The van der Waals surface area contributed by atoms with Crippen molar-refractivity contribution in [1.29, 1.82) is 0 Å². The number of hydrogen-bond donors (Lipinski definition) is 2. The Morgan fingerprint density at radius 2 is 2.25 bits per heavy atom. The van der Waals surface area contributed by atoms with Crippen LogP contribution in [0.5, 0.6) is 5.75 Å². The minimum absolute atomic E-state index is 0.245. The lowest BCUT2D eigenvalue weighted by molar-refractivity contribution is -0.384. The summed E-state index contributed by atoms with van der Waals surface area (Å²) in [6.45, 7) is 1.42. The molecular formula is C9H9ClN2O4. The largest absolute Gasteiger partial charge is 0.505 e. The molecule has 0 fully saturated rings. The fourth-order valence-electron chi connectivity index (χ4n) is 1.03. The molecule has 6 nitrogen and oxygen atoms in total. The van der Waals surface area contributed by atoms with Gasteiger partial charge in [0.15, 0.2) is 5.69 Å². The minimum atomic E-state index is -0.848. The quantitative estimate of drug-likeness (QED) is 0.367. The van der Waals surface area contributed by atoms with E-state index in [9.17, 15) is 20.0 Å². The topological polar surface area (TPSA) is 92.5 Å². The second-order valence-electron chi connectivity index (χ2n) is 3.03. The van der Waals surface area contributed by atoms with Crippen LogP contribution in [0, 0.1) is 10.1 Å². The number of nitrogens with one attached hydrogen (secondary N) is 1. The van der Waals surface area contributed by atoms with E-state index in [0.717, 1.165) is 0 Å². The van der Waals surface area contributed by atoms with Crippen molar-refractivity contribution < 1.29 is 14.8 Å². The summed E-state index contributed by atoms with van der Waals surface area (Å²) in [7, 11) is 0. The Balaban J connectivity index is 3.11. The van der Waals surface area contributed by atoms with E-state index in [1.165, 1.54) is 25.1 Å². The molecule has 2 N–H and O–H groups in total. The maximum atomic E-state index is 11.3. The number of aromatic hydroxyl groups is 1. The second-order valence-corrected chi connectivity index (χ2v) is 3.69. The standard InChI is InChI=1S/C9H9ClN2O4/c1-5(10)9(14)11-8-6(12(15)16)3-2-4-7(8)13/h2-5,13H,1H3,(H,11,14). The molecule has 86 valence electrons. The summed E-state index contributed by atoms with van der Waals surface area (Å²) in [5.41, 5.74) is -0.629. The molecule has 1 aromatic carbocycles. The van der Waals surface area contributed by atoms with Gasteiger partial charge in [-0.25, -0.2) is 0 Å². The van der Waals surface area contributed by atoms with Gasteiger partial charge in [0, 0.05) is 6.07 Å². The molecule has 0 aliphatic rings. The van der Waals surface area contributed by atoms with Gasteiger partial charge in [0.05, 0.1) is 4.92 Å². The molecule has 1 atom stereocenters. The number of halogens is 1. The Kier molecular flexibility index (Phi) is 3.68. The van der Waals surface area contributed by atoms with E-state index in [4.69, 9.17) is 11.6 Å². The first-order valence-electron chi connectivity index (χ1n) is 4.34. The molecule has 0 aromatic heterocycles. The van der Waals surface area contributed by atoms with Crippen LogP contribution >= 0.6 is 11.6 Å². The van der Waals surface area contributed by atoms with E-state index in [0.29, 0.717) is 0 Å². The van der Waals surface area contributed by atoms with Crippen molar-refractivity contribution in [1.82, 2.24) is 0 Å². The lowest BCUT2D eigenvalue weighted by Gasteiger charge is -2.08. The van der Waals surface area contributed by atoms with E-state index in [2.05, 4.69) is 5.32 Å². The van der Waals surface area contributed by atoms with Crippen molar-refractivity contribution in [2.24, 2.45) is 0 Å². The average molecular weight is 245 g/mol. The fourth-order valence-corrected chi connectivity index (χ4v) is 1.09. The number of alkyl halides is 1. The van der Waals surface area contributed by atoms with E-state index < -0.39 is 16.2 Å². The summed E-state index contributed by atoms with van der Waals surface area (Å²) in [5.74, 6) is -0.994. The lowest BCUT2D eigenvalue weighted by Crippen LogP contribution is -2.20. The Morgan fingerprint density at radius 1 is 1.62 bits per heavy atom. The summed E-state index contributed by atoms with van der Waals surface area (Å²) >= 11 is 5.50. The lowest BCUT2D eigenvalue weighted by atomic mass is 10.2. The van der Waals surface area contributed by atoms with E-state index >= 15 is 0 Å². The van der Waals surface area contributed by atoms with Crippen molar-refractivity contribution in [2.75, 3.05) is 5.32 Å². The highest BCUT2D eigenvalue weighted by molar-refractivity contribution is 6.32. The number of carbonyl (C=O) groups is 1. The number of phenols is 1. The van der Waals surface area contributed by atoms with Crippen LogP contribution in [0.3, 0.4) is 0 Å². The Bertz CT molecular complexity index is 434. The van der Waals surface area contributed by atoms with Crippen LogP contribution < -0.4 is 5.32 Å². The first-order valence-corrected chi connectivity index (χ1v) is 4.78. The van der Waals surface area contributed by atoms with Crippen molar-refractivity contribution in [3.8, 4) is 5.75 Å². The first kappa shape index (κ1) is 12.3. The molecule has 1 rings (SSSR count). The van der Waals surface area contributed by atoms with Gasteiger partial charge in [-0.3, -0.25) is 14.9 Å². The normalized spacial score (nSPS) is 11.9. The van der Waals surface area contributed by atoms with Crippen LogP contribution in [0.15, 0.2) is 18.2 Å². The van der Waals surface area contributed by atoms with Gasteiger partial charge in [-0.15, -0.1) is 11.6 Å². The third kappa shape index (κ3) is 2.60. The molecular weight excluding hydrogens is 236 g/mol. The number of nitrogens with zero attached hydrogens (tertiary/aromatic N) is 1. The third-order valence-corrected chi connectivity index (χ3v) is 2.02. The maximum Gasteiger partial charge on any atom is 0.296 e. The third-order valence-electron chi connectivity index (χ3n) is 1.83. The van der Waals surface area contributed by atoms with Gasteiger partial charge in [-0.1, -0.05) is 6.07 Å². The van der Waals surface area contributed by atoms with Gasteiger partial charge >= 0.3 is 0 Å². The SMILES string of the molecule is CC(Cl)C(=O)Nc1c(O)cccc1[N+](=O)[O-]. The van der Waals surface area contributed by atoms with Crippen LogP contribution in [0.1, 0.15) is 6.92 Å². The molecule has 1 aromatic rings. The van der Waals surface area contributed by atoms with Crippen LogP contribution in [-0.2, 0) is 4.79 Å². The van der Waals surface area contributed by atoms with Gasteiger partial charge in [-0.2, -0.15) is 0 Å². The van der Waals surface area contributed by atoms with Gasteiger partial charge in [-0.05, 0) is 13.0 Å². The summed E-state index contributed by atoms with van der Waals surface area (Å²) < 4.78 is 0. The number of anilines is 1. The van der Waals surface area contributed by atoms with Crippen LogP contribution in [0.2, 0.25) is 0 Å². The van der Waals surface area contributed by atoms with E-state index in [1.54, 1.807) is 0 Å². The number of nitro benzene ring substituents is 1. The molecule has 16 heavy (non-hydrogen) atoms. The molecule has 0 radical (unpaired) electrons. The van der Waals surface area contributed by atoms with Crippen LogP contribution in [-0.4, -0.2) is 21.3 Å². The summed E-state index contributed by atoms with van der Waals surface area (Å²) in [6.07, 6.45) is 0. The number of carbonyl (C=O) groups excluding carboxylic acids is 1. The molecule has 0 saturated carbocycles. The smallest absolute Gasteiger partial charge is 0.296 e. The van der Waals surface area contributed by atoms with Gasteiger partial charge in [0.1, 0.15) is 11.1 Å². The molecule has 0 heterocycles. The zero-order valence-corrected chi connectivity index (χ0v) is 9.06. The maximum absolute atomic E-state index is 11.3. The highest BCUT2D eigenvalue weighted by Gasteiger charge is 2.20. The van der Waals surface area contributed by atoms with Crippen LogP contribution in [0.25, 0.3) is 0 Å². The highest BCUT2D eigenvalue weighted by atomic mass is 35.5. The van der Waals surface area contributed by atoms with Crippen LogP contribution in [0.4, 0.5) is 11.4 Å². The predicted molar refractivity (Wildman–Crippen MR) is 58.7 cm³/mol. The molecule has 0 saturated heterocycles. The summed E-state index contributed by atoms with van der Waals surface area (Å²) in [4.78, 5) is 21.2. The number of nitro groups is 1. The molecule has 7 heteroatoms. The number of phenolic OH excluding ortho intramolecular Hbond substituents is 1. The number of amides is 1. The molecule has 0 aliphatic carbocycles. The van der Waals surface area contributed by atoms with Gasteiger partial charge in [0.2, 0.25) is 5.91 Å². The zero-order chi connectivity index (χ0) is 12.3. The van der Waals surface area contributed by atoms with Crippen molar-refractivity contribution in [3.63, 3.8) is 0 Å². The molecule has 0 bridgehead atoms. The minimum Gasteiger partial charge on any atom is -0.505 e. The monoisotopic (exact) mass is 244 g/mol. The molecule has 1 unspecified atom stereocenters. The van der Waals surface area contributed by atoms with E-state index in [1.807, 2.05) is 0 Å².